The minimum atomic E-state index is -0.312. The highest BCUT2D eigenvalue weighted by Gasteiger charge is 2.13. The summed E-state index contributed by atoms with van der Waals surface area (Å²) in [4.78, 5) is 26.4. The molecule has 2 N–H and O–H groups in total. The third kappa shape index (κ3) is 7.04. The third-order valence-electron chi connectivity index (χ3n) is 4.86. The standard InChI is InChI=1S/C25H26FN3O2/c1-2-29(17-24(30)27-16-19-8-12-22(26)13-9-19)18-25(31)28-23-14-10-21(11-15-23)20-6-4-3-5-7-20/h3-15H,2,16-18H2,1H3,(H,27,30)(H,28,31). The number of likely N-dealkylation sites (N-methyl/N-ethyl adjacent to an activating group) is 1. The van der Waals surface area contributed by atoms with Crippen LogP contribution in [-0.4, -0.2) is 36.3 Å². The van der Waals surface area contributed by atoms with Gasteiger partial charge in [-0.3, -0.25) is 14.5 Å². The minimum Gasteiger partial charge on any atom is -0.351 e. The molecule has 0 saturated heterocycles. The zero-order valence-electron chi connectivity index (χ0n) is 17.5. The van der Waals surface area contributed by atoms with E-state index < -0.39 is 0 Å². The van der Waals surface area contributed by atoms with Crippen molar-refractivity contribution >= 4 is 17.5 Å². The topological polar surface area (TPSA) is 61.4 Å². The van der Waals surface area contributed by atoms with E-state index in [-0.39, 0.29) is 30.7 Å². The predicted molar refractivity (Wildman–Crippen MR) is 121 cm³/mol. The average Bonchev–Trinajstić information content (AvgIpc) is 2.79. The van der Waals surface area contributed by atoms with Crippen LogP contribution in [0.2, 0.25) is 0 Å². The number of carbonyl (C=O) groups excluding carboxylic acids is 2. The molecule has 2 amide bonds. The summed E-state index contributed by atoms with van der Waals surface area (Å²) < 4.78 is 12.9. The van der Waals surface area contributed by atoms with E-state index in [0.29, 0.717) is 18.8 Å². The van der Waals surface area contributed by atoms with Gasteiger partial charge in [0.2, 0.25) is 11.8 Å². The zero-order valence-corrected chi connectivity index (χ0v) is 17.5. The summed E-state index contributed by atoms with van der Waals surface area (Å²) in [5, 5.41) is 5.67. The summed E-state index contributed by atoms with van der Waals surface area (Å²) in [6.45, 7) is 3.00. The van der Waals surface area contributed by atoms with Crippen LogP contribution in [0.5, 0.6) is 0 Å². The molecule has 0 bridgehead atoms. The summed E-state index contributed by atoms with van der Waals surface area (Å²) in [7, 11) is 0. The molecule has 3 aromatic carbocycles. The molecule has 0 aliphatic heterocycles. The smallest absolute Gasteiger partial charge is 0.238 e. The van der Waals surface area contributed by atoms with E-state index in [1.807, 2.05) is 61.5 Å². The fraction of sp³-hybridized carbons (Fsp3) is 0.200. The molecule has 0 aliphatic carbocycles. The number of nitrogens with one attached hydrogen (secondary N) is 2. The van der Waals surface area contributed by atoms with Crippen LogP contribution in [0.1, 0.15) is 12.5 Å². The van der Waals surface area contributed by atoms with Crippen LogP contribution in [0, 0.1) is 5.82 Å². The number of rotatable bonds is 9. The number of halogens is 1. The van der Waals surface area contributed by atoms with Gasteiger partial charge in [0, 0.05) is 12.2 Å². The molecule has 0 aliphatic rings. The van der Waals surface area contributed by atoms with E-state index >= 15 is 0 Å². The highest BCUT2D eigenvalue weighted by Crippen LogP contribution is 2.20. The normalized spacial score (nSPS) is 10.7. The monoisotopic (exact) mass is 419 g/mol. The number of hydrogen-bond donors (Lipinski definition) is 2. The first-order chi connectivity index (χ1) is 15.0. The Bertz CT molecular complexity index is 990. The molecule has 0 fully saturated rings. The van der Waals surface area contributed by atoms with Crippen LogP contribution in [0.4, 0.5) is 10.1 Å². The van der Waals surface area contributed by atoms with E-state index in [9.17, 15) is 14.0 Å². The van der Waals surface area contributed by atoms with E-state index in [1.165, 1.54) is 12.1 Å². The molecule has 31 heavy (non-hydrogen) atoms. The lowest BCUT2D eigenvalue weighted by Crippen LogP contribution is -2.40. The van der Waals surface area contributed by atoms with Crippen molar-refractivity contribution in [2.24, 2.45) is 0 Å². The van der Waals surface area contributed by atoms with Crippen LogP contribution in [-0.2, 0) is 16.1 Å². The molecular weight excluding hydrogens is 393 g/mol. The van der Waals surface area contributed by atoms with Crippen molar-refractivity contribution in [2.75, 3.05) is 25.0 Å². The molecule has 0 heterocycles. The summed E-state index contributed by atoms with van der Waals surface area (Å²) in [5.41, 5.74) is 3.71. The molecule has 0 radical (unpaired) electrons. The summed E-state index contributed by atoms with van der Waals surface area (Å²) in [5.74, 6) is -0.681. The number of benzene rings is 3. The van der Waals surface area contributed by atoms with Crippen molar-refractivity contribution in [1.29, 1.82) is 0 Å². The Morgan fingerprint density at radius 1 is 0.806 bits per heavy atom. The van der Waals surface area contributed by atoms with Crippen LogP contribution in [0.15, 0.2) is 78.9 Å². The molecule has 0 aromatic heterocycles. The van der Waals surface area contributed by atoms with E-state index in [0.717, 1.165) is 16.7 Å². The largest absolute Gasteiger partial charge is 0.351 e. The van der Waals surface area contributed by atoms with Crippen LogP contribution in [0.25, 0.3) is 11.1 Å². The van der Waals surface area contributed by atoms with Gasteiger partial charge in [0.25, 0.3) is 0 Å². The molecule has 0 saturated carbocycles. The Labute approximate surface area is 181 Å². The van der Waals surface area contributed by atoms with Gasteiger partial charge in [0.15, 0.2) is 0 Å². The number of amides is 2. The molecule has 6 heteroatoms. The SMILES string of the molecule is CCN(CC(=O)NCc1ccc(F)cc1)CC(=O)Nc1ccc(-c2ccccc2)cc1. The second-order valence-electron chi connectivity index (χ2n) is 7.20. The number of carbonyl (C=O) groups is 2. The zero-order chi connectivity index (χ0) is 22.1. The van der Waals surface area contributed by atoms with Crippen LogP contribution in [0.3, 0.4) is 0 Å². The number of nitrogens with zero attached hydrogens (tertiary/aromatic N) is 1. The first-order valence-electron chi connectivity index (χ1n) is 10.2. The predicted octanol–water partition coefficient (Wildman–Crippen LogP) is 4.07. The molecule has 3 rings (SSSR count). The molecule has 3 aromatic rings. The summed E-state index contributed by atoms with van der Waals surface area (Å²) in [6, 6.07) is 23.7. The molecule has 0 spiro atoms. The third-order valence-corrected chi connectivity index (χ3v) is 4.86. The van der Waals surface area contributed by atoms with Crippen molar-refractivity contribution in [3.8, 4) is 11.1 Å². The molecule has 5 nitrogen and oxygen atoms in total. The second-order valence-corrected chi connectivity index (χ2v) is 7.20. The Morgan fingerprint density at radius 3 is 2.06 bits per heavy atom. The lowest BCUT2D eigenvalue weighted by molar-refractivity contribution is -0.123. The fourth-order valence-electron chi connectivity index (χ4n) is 3.12. The Morgan fingerprint density at radius 2 is 1.42 bits per heavy atom. The van der Waals surface area contributed by atoms with Crippen molar-refractivity contribution in [1.82, 2.24) is 10.2 Å². The van der Waals surface area contributed by atoms with Gasteiger partial charge in [-0.2, -0.15) is 0 Å². The highest BCUT2D eigenvalue weighted by molar-refractivity contribution is 5.93. The first-order valence-corrected chi connectivity index (χ1v) is 10.2. The maximum absolute atomic E-state index is 12.9. The van der Waals surface area contributed by atoms with Crippen molar-refractivity contribution in [3.05, 3.63) is 90.2 Å². The molecule has 0 atom stereocenters. The van der Waals surface area contributed by atoms with Gasteiger partial charge in [-0.15, -0.1) is 0 Å². The summed E-state index contributed by atoms with van der Waals surface area (Å²) in [6.07, 6.45) is 0. The number of hydrogen-bond acceptors (Lipinski definition) is 3. The highest BCUT2D eigenvalue weighted by atomic mass is 19.1. The Hall–Kier alpha value is -3.51. The second kappa shape index (κ2) is 11.0. The lowest BCUT2D eigenvalue weighted by Gasteiger charge is -2.19. The van der Waals surface area contributed by atoms with E-state index in [1.54, 1.807) is 17.0 Å². The first kappa shape index (κ1) is 22.2. The maximum Gasteiger partial charge on any atom is 0.238 e. The molecular formula is C25H26FN3O2. The van der Waals surface area contributed by atoms with E-state index in [2.05, 4.69) is 10.6 Å². The Balaban J connectivity index is 1.46. The maximum atomic E-state index is 12.9. The van der Waals surface area contributed by atoms with Gasteiger partial charge < -0.3 is 10.6 Å². The van der Waals surface area contributed by atoms with Crippen molar-refractivity contribution < 1.29 is 14.0 Å². The lowest BCUT2D eigenvalue weighted by atomic mass is 10.1. The van der Waals surface area contributed by atoms with Gasteiger partial charge >= 0.3 is 0 Å². The van der Waals surface area contributed by atoms with Crippen LogP contribution >= 0.6 is 0 Å². The molecule has 0 unspecified atom stereocenters. The van der Waals surface area contributed by atoms with Gasteiger partial charge in [0.1, 0.15) is 5.82 Å². The molecule has 160 valence electrons. The number of anilines is 1. The quantitative estimate of drug-likeness (QED) is 0.550. The van der Waals surface area contributed by atoms with Crippen molar-refractivity contribution in [2.45, 2.75) is 13.5 Å². The van der Waals surface area contributed by atoms with Gasteiger partial charge in [-0.1, -0.05) is 61.5 Å². The van der Waals surface area contributed by atoms with E-state index in [4.69, 9.17) is 0 Å². The van der Waals surface area contributed by atoms with Gasteiger partial charge in [-0.05, 0) is 47.5 Å². The average molecular weight is 420 g/mol. The van der Waals surface area contributed by atoms with Gasteiger partial charge in [0.05, 0.1) is 13.1 Å². The summed E-state index contributed by atoms with van der Waals surface area (Å²) >= 11 is 0. The Kier molecular flexibility index (Phi) is 7.90. The fourth-order valence-corrected chi connectivity index (χ4v) is 3.12. The van der Waals surface area contributed by atoms with Crippen molar-refractivity contribution in [3.63, 3.8) is 0 Å². The van der Waals surface area contributed by atoms with Crippen LogP contribution < -0.4 is 10.6 Å². The minimum absolute atomic E-state index is 0.109. The van der Waals surface area contributed by atoms with Gasteiger partial charge in [-0.25, -0.2) is 4.39 Å².